The van der Waals surface area contributed by atoms with E-state index in [1.54, 1.807) is 4.68 Å². The fourth-order valence-electron chi connectivity index (χ4n) is 5.19. The van der Waals surface area contributed by atoms with Crippen molar-refractivity contribution in [3.63, 3.8) is 0 Å². The predicted molar refractivity (Wildman–Crippen MR) is 123 cm³/mol. The summed E-state index contributed by atoms with van der Waals surface area (Å²) in [7, 11) is 1.97. The van der Waals surface area contributed by atoms with Crippen molar-refractivity contribution in [3.8, 4) is 0 Å². The molecule has 0 atom stereocenters. The number of rotatable bonds is 9. The Bertz CT molecular complexity index is 832. The smallest absolute Gasteiger partial charge is 0.222 e. The number of anilines is 1. The third kappa shape index (κ3) is 5.88. The minimum Gasteiger partial charge on any atom is -0.394 e. The van der Waals surface area contributed by atoms with E-state index in [1.807, 2.05) is 24.3 Å². The number of benzene rings is 1. The molecule has 6 heteroatoms. The fraction of sp³-hybridized carbons (Fsp3) is 0.600. The van der Waals surface area contributed by atoms with Crippen LogP contribution in [-0.2, 0) is 24.2 Å². The molecular formula is C25H36N4O2. The highest BCUT2D eigenvalue weighted by molar-refractivity contribution is 5.76. The maximum atomic E-state index is 12.7. The van der Waals surface area contributed by atoms with Gasteiger partial charge in [0.1, 0.15) is 0 Å². The zero-order valence-electron chi connectivity index (χ0n) is 18.7. The summed E-state index contributed by atoms with van der Waals surface area (Å²) in [5.74, 6) is 1.48. The van der Waals surface area contributed by atoms with Crippen LogP contribution >= 0.6 is 0 Å². The summed E-state index contributed by atoms with van der Waals surface area (Å²) in [5, 5.41) is 16.8. The molecule has 0 radical (unpaired) electrons. The van der Waals surface area contributed by atoms with Crippen molar-refractivity contribution in [2.75, 3.05) is 25.5 Å². The van der Waals surface area contributed by atoms with Crippen molar-refractivity contribution in [1.29, 1.82) is 0 Å². The Kier molecular flexibility index (Phi) is 7.28. The molecule has 1 saturated carbocycles. The first kappa shape index (κ1) is 21.9. The summed E-state index contributed by atoms with van der Waals surface area (Å²) in [6, 6.07) is 9.10. The lowest BCUT2D eigenvalue weighted by Gasteiger charge is -2.30. The maximum Gasteiger partial charge on any atom is 0.222 e. The Balaban J connectivity index is 1.13. The van der Waals surface area contributed by atoms with Gasteiger partial charge < -0.3 is 15.3 Å². The van der Waals surface area contributed by atoms with Crippen molar-refractivity contribution >= 4 is 11.6 Å². The van der Waals surface area contributed by atoms with Gasteiger partial charge in [-0.25, -0.2) is 0 Å². The summed E-state index contributed by atoms with van der Waals surface area (Å²) < 4.78 is 1.77. The molecule has 1 aromatic heterocycles. The van der Waals surface area contributed by atoms with Crippen LogP contribution in [0.5, 0.6) is 0 Å². The molecule has 1 amide bonds. The zero-order valence-corrected chi connectivity index (χ0v) is 18.7. The number of nitrogens with zero attached hydrogens (tertiary/aromatic N) is 3. The summed E-state index contributed by atoms with van der Waals surface area (Å²) in [4.78, 5) is 14.7. The van der Waals surface area contributed by atoms with Crippen LogP contribution in [0.2, 0.25) is 0 Å². The van der Waals surface area contributed by atoms with Crippen LogP contribution in [0.3, 0.4) is 0 Å². The van der Waals surface area contributed by atoms with Gasteiger partial charge in [-0.15, -0.1) is 0 Å². The van der Waals surface area contributed by atoms with Gasteiger partial charge in [-0.3, -0.25) is 9.48 Å². The first-order chi connectivity index (χ1) is 15.1. The number of aliphatic hydroxyl groups is 1. The molecule has 0 spiro atoms. The van der Waals surface area contributed by atoms with Crippen LogP contribution in [0.1, 0.15) is 49.7 Å². The number of hydrogen-bond donors (Lipinski definition) is 2. The quantitative estimate of drug-likeness (QED) is 0.646. The summed E-state index contributed by atoms with van der Waals surface area (Å²) in [6.45, 7) is 1.51. The predicted octanol–water partition coefficient (Wildman–Crippen LogP) is 3.50. The van der Waals surface area contributed by atoms with E-state index in [4.69, 9.17) is 5.11 Å². The van der Waals surface area contributed by atoms with Crippen molar-refractivity contribution in [3.05, 3.63) is 47.8 Å². The molecule has 1 fully saturated rings. The topological polar surface area (TPSA) is 70.4 Å². The lowest BCUT2D eigenvalue weighted by atomic mass is 9.84. The number of carbonyl (C=O) groups excluding carboxylic acids is 1. The van der Waals surface area contributed by atoms with Crippen LogP contribution < -0.4 is 5.32 Å². The largest absolute Gasteiger partial charge is 0.394 e. The highest BCUT2D eigenvalue weighted by atomic mass is 16.3. The number of fused-ring (bicyclic) bond motifs is 1. The molecular weight excluding hydrogens is 388 g/mol. The van der Waals surface area contributed by atoms with E-state index in [9.17, 15) is 4.79 Å². The number of carbonyl (C=O) groups is 1. The second-order valence-electron chi connectivity index (χ2n) is 9.43. The Morgan fingerprint density at radius 1 is 1.16 bits per heavy atom. The number of hydrogen-bond acceptors (Lipinski definition) is 4. The van der Waals surface area contributed by atoms with Crippen LogP contribution in [0.4, 0.5) is 5.69 Å². The highest BCUT2D eigenvalue weighted by Crippen LogP contribution is 2.30. The van der Waals surface area contributed by atoms with Gasteiger partial charge in [0.05, 0.1) is 25.0 Å². The highest BCUT2D eigenvalue weighted by Gasteiger charge is 2.26. The average Bonchev–Trinajstić information content (AvgIpc) is 3.39. The van der Waals surface area contributed by atoms with Gasteiger partial charge in [-0.1, -0.05) is 24.3 Å². The third-order valence-electron chi connectivity index (χ3n) is 7.08. The van der Waals surface area contributed by atoms with Gasteiger partial charge in [-0.2, -0.15) is 5.10 Å². The number of amides is 1. The fourth-order valence-corrected chi connectivity index (χ4v) is 5.19. The molecule has 1 aromatic carbocycles. The first-order valence-corrected chi connectivity index (χ1v) is 11.8. The van der Waals surface area contributed by atoms with Gasteiger partial charge >= 0.3 is 0 Å². The SMILES string of the molecule is CN(CCC1CCC(Nc2cnn(CCO)c2)CC1)C(=O)CC1Cc2ccccc2C1. The standard InChI is InChI=1S/C25H36N4O2/c1-28(25(31)16-20-14-21-4-2-3-5-22(21)15-20)11-10-19-6-8-23(9-7-19)27-24-17-26-29(18-24)12-13-30/h2-5,17-20,23,27,30H,6-16H2,1H3. The van der Waals surface area contributed by atoms with Crippen LogP contribution in [0.15, 0.2) is 36.7 Å². The number of nitrogens with one attached hydrogen (secondary N) is 1. The van der Waals surface area contributed by atoms with Gasteiger partial charge in [0.15, 0.2) is 0 Å². The van der Waals surface area contributed by atoms with E-state index in [0.29, 0.717) is 36.8 Å². The molecule has 0 unspecified atom stereocenters. The molecule has 2 aliphatic carbocycles. The normalized spacial score (nSPS) is 21.1. The average molecular weight is 425 g/mol. The molecule has 2 aliphatic rings. The summed E-state index contributed by atoms with van der Waals surface area (Å²) >= 11 is 0. The van der Waals surface area contributed by atoms with Gasteiger partial charge in [-0.05, 0) is 67.9 Å². The van der Waals surface area contributed by atoms with E-state index in [1.165, 1.54) is 24.0 Å². The Labute approximate surface area is 185 Å². The minimum absolute atomic E-state index is 0.109. The van der Waals surface area contributed by atoms with Gasteiger partial charge in [0.25, 0.3) is 0 Å². The number of aromatic nitrogens is 2. The van der Waals surface area contributed by atoms with Crippen molar-refractivity contribution in [2.45, 2.75) is 64.0 Å². The van der Waals surface area contributed by atoms with Crippen molar-refractivity contribution < 1.29 is 9.90 Å². The van der Waals surface area contributed by atoms with E-state index in [2.05, 4.69) is 34.7 Å². The molecule has 31 heavy (non-hydrogen) atoms. The molecule has 2 N–H and O–H groups in total. The van der Waals surface area contributed by atoms with Gasteiger partial charge in [0, 0.05) is 32.3 Å². The van der Waals surface area contributed by atoms with Gasteiger partial charge in [0.2, 0.25) is 5.91 Å². The molecule has 168 valence electrons. The molecule has 6 nitrogen and oxygen atoms in total. The lowest BCUT2D eigenvalue weighted by Crippen LogP contribution is -2.32. The van der Waals surface area contributed by atoms with Crippen LogP contribution in [0.25, 0.3) is 0 Å². The molecule has 0 bridgehead atoms. The molecule has 1 heterocycles. The van der Waals surface area contributed by atoms with Crippen molar-refractivity contribution in [1.82, 2.24) is 14.7 Å². The van der Waals surface area contributed by atoms with Crippen molar-refractivity contribution in [2.24, 2.45) is 11.8 Å². The zero-order chi connectivity index (χ0) is 21.6. The van der Waals surface area contributed by atoms with E-state index >= 15 is 0 Å². The maximum absolute atomic E-state index is 12.7. The molecule has 2 aromatic rings. The monoisotopic (exact) mass is 424 g/mol. The molecule has 4 rings (SSSR count). The Hall–Kier alpha value is -2.34. The molecule has 0 aliphatic heterocycles. The first-order valence-electron chi connectivity index (χ1n) is 11.8. The third-order valence-corrected chi connectivity index (χ3v) is 7.08. The lowest BCUT2D eigenvalue weighted by molar-refractivity contribution is -0.131. The van der Waals surface area contributed by atoms with Crippen LogP contribution in [-0.4, -0.2) is 51.9 Å². The number of aliphatic hydroxyl groups excluding tert-OH is 1. The second-order valence-corrected chi connectivity index (χ2v) is 9.43. The summed E-state index contributed by atoms with van der Waals surface area (Å²) in [6.07, 6.45) is 12.4. The molecule has 0 saturated heterocycles. The van der Waals surface area contributed by atoms with E-state index < -0.39 is 0 Å². The van der Waals surface area contributed by atoms with Crippen LogP contribution in [0, 0.1) is 11.8 Å². The van der Waals surface area contributed by atoms with E-state index in [0.717, 1.165) is 44.3 Å². The second kappa shape index (κ2) is 10.3. The summed E-state index contributed by atoms with van der Waals surface area (Å²) in [5.41, 5.74) is 3.89. The van der Waals surface area contributed by atoms with E-state index in [-0.39, 0.29) is 6.61 Å². The minimum atomic E-state index is 0.109. The Morgan fingerprint density at radius 3 is 2.55 bits per heavy atom. The Morgan fingerprint density at radius 2 is 1.87 bits per heavy atom.